The SMILES string of the molecule is Cc1nc(N2CCC(N3CC(CS(C)(=O)=O)CC3=O)CC2)sc1C. The second kappa shape index (κ2) is 6.63. The number of hydrogen-bond acceptors (Lipinski definition) is 6. The Kier molecular flexibility index (Phi) is 4.88. The van der Waals surface area contributed by atoms with Crippen LogP contribution in [0.15, 0.2) is 0 Å². The van der Waals surface area contributed by atoms with Gasteiger partial charge in [-0.2, -0.15) is 0 Å². The third-order valence-corrected chi connectivity index (χ3v) is 7.18. The van der Waals surface area contributed by atoms with Crippen LogP contribution in [0, 0.1) is 19.8 Å². The summed E-state index contributed by atoms with van der Waals surface area (Å²) < 4.78 is 22.9. The molecular formula is C16H25N3O3S2. The van der Waals surface area contributed by atoms with E-state index in [1.807, 2.05) is 11.8 Å². The number of rotatable bonds is 4. The van der Waals surface area contributed by atoms with Crippen LogP contribution in [-0.2, 0) is 14.6 Å². The maximum atomic E-state index is 12.3. The van der Waals surface area contributed by atoms with E-state index in [2.05, 4.69) is 16.8 Å². The molecule has 0 aromatic carbocycles. The second-order valence-electron chi connectivity index (χ2n) is 7.06. The fraction of sp³-hybridized carbons (Fsp3) is 0.750. The molecule has 1 aromatic rings. The van der Waals surface area contributed by atoms with Crippen molar-refractivity contribution in [1.82, 2.24) is 9.88 Å². The molecule has 0 radical (unpaired) electrons. The highest BCUT2D eigenvalue weighted by atomic mass is 32.2. The van der Waals surface area contributed by atoms with E-state index < -0.39 is 9.84 Å². The topological polar surface area (TPSA) is 70.6 Å². The van der Waals surface area contributed by atoms with Crippen LogP contribution in [0.4, 0.5) is 5.13 Å². The standard InChI is InChI=1S/C16H25N3O3S2/c1-11-12(2)23-16(17-11)18-6-4-14(5-7-18)19-9-13(8-15(19)20)10-24(3,21)22/h13-14H,4-10H2,1-3H3. The Bertz CT molecular complexity index is 701. The average molecular weight is 372 g/mol. The highest BCUT2D eigenvalue weighted by Gasteiger charge is 2.37. The van der Waals surface area contributed by atoms with Crippen molar-refractivity contribution < 1.29 is 13.2 Å². The van der Waals surface area contributed by atoms with Gasteiger partial charge in [-0.3, -0.25) is 4.79 Å². The molecule has 2 aliphatic rings. The highest BCUT2D eigenvalue weighted by molar-refractivity contribution is 7.90. The molecule has 6 nitrogen and oxygen atoms in total. The maximum absolute atomic E-state index is 12.3. The Morgan fingerprint density at radius 1 is 1.25 bits per heavy atom. The molecular weight excluding hydrogens is 346 g/mol. The molecule has 2 saturated heterocycles. The van der Waals surface area contributed by atoms with E-state index >= 15 is 0 Å². The normalized spacial score (nSPS) is 23.3. The van der Waals surface area contributed by atoms with Gasteiger partial charge in [-0.05, 0) is 32.6 Å². The highest BCUT2D eigenvalue weighted by Crippen LogP contribution is 2.31. The van der Waals surface area contributed by atoms with E-state index in [1.165, 1.54) is 11.1 Å². The first kappa shape index (κ1) is 17.7. The number of carbonyl (C=O) groups is 1. The van der Waals surface area contributed by atoms with Gasteiger partial charge in [-0.15, -0.1) is 11.3 Å². The van der Waals surface area contributed by atoms with Crippen LogP contribution in [0.25, 0.3) is 0 Å². The van der Waals surface area contributed by atoms with Gasteiger partial charge < -0.3 is 9.80 Å². The first-order chi connectivity index (χ1) is 11.2. The largest absolute Gasteiger partial charge is 0.348 e. The van der Waals surface area contributed by atoms with Crippen LogP contribution < -0.4 is 4.90 Å². The first-order valence-corrected chi connectivity index (χ1v) is 11.3. The molecule has 0 N–H and O–H groups in total. The molecule has 24 heavy (non-hydrogen) atoms. The molecule has 2 fully saturated rings. The first-order valence-electron chi connectivity index (χ1n) is 8.39. The van der Waals surface area contributed by atoms with Gasteiger partial charge in [-0.25, -0.2) is 13.4 Å². The third-order valence-electron chi connectivity index (χ3n) is 4.97. The molecule has 1 unspecified atom stereocenters. The Hall–Kier alpha value is -1.15. The molecule has 1 amide bonds. The van der Waals surface area contributed by atoms with Crippen LogP contribution in [0.5, 0.6) is 0 Å². The lowest BCUT2D eigenvalue weighted by Gasteiger charge is -2.36. The maximum Gasteiger partial charge on any atom is 0.223 e. The lowest BCUT2D eigenvalue weighted by atomic mass is 10.0. The van der Waals surface area contributed by atoms with Crippen LogP contribution in [-0.4, -0.2) is 61.9 Å². The summed E-state index contributed by atoms with van der Waals surface area (Å²) in [5.41, 5.74) is 1.09. The summed E-state index contributed by atoms with van der Waals surface area (Å²) in [6, 6.07) is 0.237. The number of anilines is 1. The van der Waals surface area contributed by atoms with Gasteiger partial charge in [0.2, 0.25) is 5.91 Å². The van der Waals surface area contributed by atoms with Crippen molar-refractivity contribution >= 4 is 32.2 Å². The van der Waals surface area contributed by atoms with Crippen molar-refractivity contribution in [1.29, 1.82) is 0 Å². The molecule has 3 rings (SSSR count). The predicted molar refractivity (Wildman–Crippen MR) is 96.4 cm³/mol. The fourth-order valence-corrected chi connectivity index (χ4v) is 5.70. The second-order valence-corrected chi connectivity index (χ2v) is 10.4. The van der Waals surface area contributed by atoms with Crippen molar-refractivity contribution in [3.63, 3.8) is 0 Å². The van der Waals surface area contributed by atoms with E-state index in [9.17, 15) is 13.2 Å². The van der Waals surface area contributed by atoms with Crippen molar-refractivity contribution in [2.75, 3.05) is 36.5 Å². The predicted octanol–water partition coefficient (Wildman–Crippen LogP) is 1.62. The van der Waals surface area contributed by atoms with Gasteiger partial charge in [0.05, 0.1) is 11.4 Å². The Labute approximate surface area is 147 Å². The smallest absolute Gasteiger partial charge is 0.223 e. The number of likely N-dealkylation sites (tertiary alicyclic amines) is 1. The van der Waals surface area contributed by atoms with E-state index in [1.54, 1.807) is 11.3 Å². The summed E-state index contributed by atoms with van der Waals surface area (Å²) in [5, 5.41) is 1.08. The Morgan fingerprint density at radius 3 is 2.46 bits per heavy atom. The van der Waals surface area contributed by atoms with Crippen LogP contribution >= 0.6 is 11.3 Å². The van der Waals surface area contributed by atoms with Gasteiger partial charge in [0, 0.05) is 43.2 Å². The zero-order valence-electron chi connectivity index (χ0n) is 14.5. The van der Waals surface area contributed by atoms with E-state index in [0.717, 1.165) is 36.8 Å². The van der Waals surface area contributed by atoms with Gasteiger partial charge in [0.15, 0.2) is 5.13 Å². The molecule has 0 saturated carbocycles. The van der Waals surface area contributed by atoms with Crippen LogP contribution in [0.1, 0.15) is 29.8 Å². The number of thiazole rings is 1. The Balaban J connectivity index is 1.57. The number of nitrogens with zero attached hydrogens (tertiary/aromatic N) is 3. The minimum atomic E-state index is -3.03. The third kappa shape index (κ3) is 3.91. The van der Waals surface area contributed by atoms with Gasteiger partial charge in [-0.1, -0.05) is 0 Å². The summed E-state index contributed by atoms with van der Waals surface area (Å²) >= 11 is 1.73. The van der Waals surface area contributed by atoms with Crippen LogP contribution in [0.3, 0.4) is 0 Å². The molecule has 0 aliphatic carbocycles. The number of carbonyl (C=O) groups excluding carboxylic acids is 1. The lowest BCUT2D eigenvalue weighted by Crippen LogP contribution is -2.45. The van der Waals surface area contributed by atoms with Crippen molar-refractivity contribution in [2.45, 2.75) is 39.2 Å². The molecule has 3 heterocycles. The quantitative estimate of drug-likeness (QED) is 0.804. The monoisotopic (exact) mass is 371 g/mol. The van der Waals surface area contributed by atoms with E-state index in [0.29, 0.717) is 13.0 Å². The average Bonchev–Trinajstić information content (AvgIpc) is 3.00. The Morgan fingerprint density at radius 2 is 1.92 bits per heavy atom. The molecule has 134 valence electrons. The molecule has 0 bridgehead atoms. The summed E-state index contributed by atoms with van der Waals surface area (Å²) in [4.78, 5) is 22.4. The van der Waals surface area contributed by atoms with Gasteiger partial charge >= 0.3 is 0 Å². The minimum Gasteiger partial charge on any atom is -0.348 e. The number of hydrogen-bond donors (Lipinski definition) is 0. The minimum absolute atomic E-state index is 0.0465. The molecule has 0 spiro atoms. The van der Waals surface area contributed by atoms with Gasteiger partial charge in [0.1, 0.15) is 9.84 Å². The van der Waals surface area contributed by atoms with E-state index in [4.69, 9.17) is 0 Å². The zero-order chi connectivity index (χ0) is 17.5. The molecule has 1 atom stereocenters. The van der Waals surface area contributed by atoms with Crippen molar-refractivity contribution in [3.8, 4) is 0 Å². The number of sulfone groups is 1. The summed E-state index contributed by atoms with van der Waals surface area (Å²) in [7, 11) is -3.03. The van der Waals surface area contributed by atoms with E-state index in [-0.39, 0.29) is 23.6 Å². The molecule has 2 aliphatic heterocycles. The molecule has 1 aromatic heterocycles. The van der Waals surface area contributed by atoms with Gasteiger partial charge in [0.25, 0.3) is 0 Å². The number of aromatic nitrogens is 1. The zero-order valence-corrected chi connectivity index (χ0v) is 16.1. The van der Waals surface area contributed by atoms with Crippen molar-refractivity contribution in [3.05, 3.63) is 10.6 Å². The number of aryl methyl sites for hydroxylation is 2. The van der Waals surface area contributed by atoms with Crippen LogP contribution in [0.2, 0.25) is 0 Å². The fourth-order valence-electron chi connectivity index (χ4n) is 3.66. The number of piperidine rings is 1. The summed E-state index contributed by atoms with van der Waals surface area (Å²) in [6.07, 6.45) is 3.47. The van der Waals surface area contributed by atoms with Crippen molar-refractivity contribution in [2.24, 2.45) is 5.92 Å². The molecule has 8 heteroatoms. The summed E-state index contributed by atoms with van der Waals surface area (Å²) in [6.45, 7) is 6.52. The lowest BCUT2D eigenvalue weighted by molar-refractivity contribution is -0.130. The number of amides is 1. The summed E-state index contributed by atoms with van der Waals surface area (Å²) in [5.74, 6) is 0.184.